The zero-order valence-corrected chi connectivity index (χ0v) is 16.7. The highest BCUT2D eigenvalue weighted by molar-refractivity contribution is 7.09. The molecule has 2 aromatic rings. The lowest BCUT2D eigenvalue weighted by molar-refractivity contribution is 0.245. The summed E-state index contributed by atoms with van der Waals surface area (Å²) in [6, 6.07) is 6.69. The largest absolute Gasteiger partial charge is 0.493 e. The fourth-order valence-electron chi connectivity index (χ4n) is 3.39. The molecular weight excluding hydrogens is 332 g/mol. The first-order valence-corrected chi connectivity index (χ1v) is 9.71. The van der Waals surface area contributed by atoms with Crippen molar-refractivity contribution in [3.05, 3.63) is 39.8 Å². The minimum atomic E-state index is 0.122. The molecule has 0 radical (unpaired) electrons. The quantitative estimate of drug-likeness (QED) is 0.767. The molecule has 0 saturated carbocycles. The van der Waals surface area contributed by atoms with Gasteiger partial charge in [-0.15, -0.1) is 11.3 Å². The van der Waals surface area contributed by atoms with E-state index in [9.17, 15) is 0 Å². The van der Waals surface area contributed by atoms with E-state index in [0.717, 1.165) is 24.6 Å². The molecule has 1 aromatic heterocycles. The van der Waals surface area contributed by atoms with Crippen molar-refractivity contribution in [1.29, 1.82) is 0 Å². The number of hydrogen-bond acceptors (Lipinski definition) is 5. The molecule has 0 aliphatic carbocycles. The molecule has 1 aromatic carbocycles. The molecule has 136 valence electrons. The van der Waals surface area contributed by atoms with E-state index >= 15 is 0 Å². The van der Waals surface area contributed by atoms with Gasteiger partial charge >= 0.3 is 0 Å². The third-order valence-electron chi connectivity index (χ3n) is 4.71. The summed E-state index contributed by atoms with van der Waals surface area (Å²) in [6.45, 7) is 8.68. The molecule has 1 saturated heterocycles. The molecule has 1 aliphatic heterocycles. The van der Waals surface area contributed by atoms with Gasteiger partial charge in [-0.3, -0.25) is 4.90 Å². The SMILES string of the molecule is COc1ccc(C2CCCN2Cc2csc(C(C)(C)C)n2)cc1OC. The lowest BCUT2D eigenvalue weighted by Gasteiger charge is -2.25. The van der Waals surface area contributed by atoms with E-state index in [1.54, 1.807) is 25.6 Å². The van der Waals surface area contributed by atoms with Crippen molar-refractivity contribution in [2.45, 2.75) is 51.6 Å². The van der Waals surface area contributed by atoms with E-state index in [-0.39, 0.29) is 5.41 Å². The Hall–Kier alpha value is -1.59. The number of nitrogens with zero attached hydrogens (tertiary/aromatic N) is 2. The Balaban J connectivity index is 1.78. The lowest BCUT2D eigenvalue weighted by Crippen LogP contribution is -2.23. The Bertz CT molecular complexity index is 721. The number of methoxy groups -OCH3 is 2. The number of benzene rings is 1. The van der Waals surface area contributed by atoms with Crippen LogP contribution in [0, 0.1) is 0 Å². The van der Waals surface area contributed by atoms with E-state index in [2.05, 4.69) is 43.2 Å². The van der Waals surface area contributed by atoms with E-state index in [4.69, 9.17) is 14.5 Å². The molecule has 1 atom stereocenters. The van der Waals surface area contributed by atoms with Gasteiger partial charge in [0, 0.05) is 23.4 Å². The molecule has 4 nitrogen and oxygen atoms in total. The number of rotatable bonds is 5. The van der Waals surface area contributed by atoms with Crippen LogP contribution in [0.3, 0.4) is 0 Å². The average Bonchev–Trinajstić information content (AvgIpc) is 3.23. The van der Waals surface area contributed by atoms with Crippen molar-refractivity contribution in [1.82, 2.24) is 9.88 Å². The number of aromatic nitrogens is 1. The smallest absolute Gasteiger partial charge is 0.161 e. The third kappa shape index (κ3) is 3.98. The van der Waals surface area contributed by atoms with Crippen LogP contribution in [-0.2, 0) is 12.0 Å². The Kier molecular flexibility index (Phi) is 5.35. The average molecular weight is 361 g/mol. The molecule has 1 fully saturated rings. The van der Waals surface area contributed by atoms with Gasteiger partial charge in [0.25, 0.3) is 0 Å². The summed E-state index contributed by atoms with van der Waals surface area (Å²) >= 11 is 1.77. The van der Waals surface area contributed by atoms with Crippen molar-refractivity contribution in [3.63, 3.8) is 0 Å². The van der Waals surface area contributed by atoms with Crippen LogP contribution in [0.25, 0.3) is 0 Å². The van der Waals surface area contributed by atoms with Crippen LogP contribution in [0.4, 0.5) is 0 Å². The van der Waals surface area contributed by atoms with Crippen molar-refractivity contribution in [3.8, 4) is 11.5 Å². The predicted molar refractivity (Wildman–Crippen MR) is 103 cm³/mol. The summed E-state index contributed by atoms with van der Waals surface area (Å²) in [5.74, 6) is 1.58. The van der Waals surface area contributed by atoms with E-state index in [0.29, 0.717) is 6.04 Å². The molecule has 5 heteroatoms. The summed E-state index contributed by atoms with van der Waals surface area (Å²) in [6.07, 6.45) is 2.39. The molecular formula is C20H28N2O2S. The summed E-state index contributed by atoms with van der Waals surface area (Å²) in [5, 5.41) is 3.43. The van der Waals surface area contributed by atoms with Crippen LogP contribution in [0.2, 0.25) is 0 Å². The molecule has 2 heterocycles. The lowest BCUT2D eigenvalue weighted by atomic mass is 9.98. The molecule has 3 rings (SSSR count). The van der Waals surface area contributed by atoms with Gasteiger partial charge in [-0.2, -0.15) is 0 Å². The number of hydrogen-bond donors (Lipinski definition) is 0. The Morgan fingerprint density at radius 2 is 1.96 bits per heavy atom. The monoisotopic (exact) mass is 360 g/mol. The van der Waals surface area contributed by atoms with Crippen LogP contribution >= 0.6 is 11.3 Å². The maximum atomic E-state index is 5.48. The van der Waals surface area contributed by atoms with Crippen molar-refractivity contribution < 1.29 is 9.47 Å². The van der Waals surface area contributed by atoms with E-state index in [1.807, 2.05) is 6.07 Å². The first-order valence-electron chi connectivity index (χ1n) is 8.83. The zero-order valence-electron chi connectivity index (χ0n) is 15.8. The number of likely N-dealkylation sites (tertiary alicyclic amines) is 1. The zero-order chi connectivity index (χ0) is 18.0. The van der Waals surface area contributed by atoms with Gasteiger partial charge in [0.1, 0.15) is 0 Å². The van der Waals surface area contributed by atoms with Crippen molar-refractivity contribution in [2.24, 2.45) is 0 Å². The predicted octanol–water partition coefficient (Wildman–Crippen LogP) is 4.79. The first-order chi connectivity index (χ1) is 11.9. The normalized spacial score (nSPS) is 18.5. The third-order valence-corrected chi connectivity index (χ3v) is 6.03. The van der Waals surface area contributed by atoms with Gasteiger partial charge in [-0.05, 0) is 37.1 Å². The van der Waals surface area contributed by atoms with E-state index in [1.165, 1.54) is 29.1 Å². The van der Waals surface area contributed by atoms with Crippen LogP contribution in [-0.4, -0.2) is 30.6 Å². The van der Waals surface area contributed by atoms with Crippen LogP contribution in [0.15, 0.2) is 23.6 Å². The summed E-state index contributed by atoms with van der Waals surface area (Å²) < 4.78 is 10.8. The highest BCUT2D eigenvalue weighted by Gasteiger charge is 2.28. The number of ether oxygens (including phenoxy) is 2. The van der Waals surface area contributed by atoms with Gasteiger partial charge in [0.2, 0.25) is 0 Å². The summed E-state index contributed by atoms with van der Waals surface area (Å²) in [7, 11) is 3.37. The maximum Gasteiger partial charge on any atom is 0.161 e. The van der Waals surface area contributed by atoms with Gasteiger partial charge in [-0.1, -0.05) is 26.8 Å². The maximum absolute atomic E-state index is 5.48. The van der Waals surface area contributed by atoms with Gasteiger partial charge in [-0.25, -0.2) is 4.98 Å². The summed E-state index contributed by atoms with van der Waals surface area (Å²) in [4.78, 5) is 7.40. The van der Waals surface area contributed by atoms with Gasteiger partial charge in [0.05, 0.1) is 24.9 Å². The fraction of sp³-hybridized carbons (Fsp3) is 0.550. The van der Waals surface area contributed by atoms with Crippen LogP contribution < -0.4 is 9.47 Å². The van der Waals surface area contributed by atoms with Gasteiger partial charge in [0.15, 0.2) is 11.5 Å². The van der Waals surface area contributed by atoms with Gasteiger partial charge < -0.3 is 9.47 Å². The molecule has 1 unspecified atom stereocenters. The molecule has 0 amide bonds. The molecule has 1 aliphatic rings. The second kappa shape index (κ2) is 7.34. The Morgan fingerprint density at radius 3 is 2.60 bits per heavy atom. The van der Waals surface area contributed by atoms with Crippen molar-refractivity contribution >= 4 is 11.3 Å². The second-order valence-corrected chi connectivity index (χ2v) is 8.50. The highest BCUT2D eigenvalue weighted by atomic mass is 32.1. The molecule has 25 heavy (non-hydrogen) atoms. The topological polar surface area (TPSA) is 34.6 Å². The van der Waals surface area contributed by atoms with Crippen molar-refractivity contribution in [2.75, 3.05) is 20.8 Å². The highest BCUT2D eigenvalue weighted by Crippen LogP contribution is 2.38. The minimum Gasteiger partial charge on any atom is -0.493 e. The molecule has 0 N–H and O–H groups in total. The van der Waals surface area contributed by atoms with Crippen LogP contribution in [0.5, 0.6) is 11.5 Å². The summed E-state index contributed by atoms with van der Waals surface area (Å²) in [5.41, 5.74) is 2.60. The molecule has 0 spiro atoms. The number of thiazole rings is 1. The fourth-order valence-corrected chi connectivity index (χ4v) is 4.28. The standard InChI is InChI=1S/C20H28N2O2S/c1-20(2,3)19-21-15(13-25-19)12-22-10-6-7-16(22)14-8-9-17(23-4)18(11-14)24-5/h8-9,11,13,16H,6-7,10,12H2,1-5H3. The molecule has 0 bridgehead atoms. The Morgan fingerprint density at radius 1 is 1.20 bits per heavy atom. The van der Waals surface area contributed by atoms with Crippen LogP contribution in [0.1, 0.15) is 55.9 Å². The second-order valence-electron chi connectivity index (χ2n) is 7.64. The Labute approximate surface area is 154 Å². The minimum absolute atomic E-state index is 0.122. The van der Waals surface area contributed by atoms with E-state index < -0.39 is 0 Å². The first kappa shape index (κ1) is 18.2.